The van der Waals surface area contributed by atoms with Crippen molar-refractivity contribution in [3.8, 4) is 0 Å². The lowest BCUT2D eigenvalue weighted by molar-refractivity contribution is 0.688. The van der Waals surface area contributed by atoms with Gasteiger partial charge in [-0.1, -0.05) is 28.8 Å². The second kappa shape index (κ2) is 5.37. The molecule has 0 radical (unpaired) electrons. The first-order chi connectivity index (χ1) is 9.24. The van der Waals surface area contributed by atoms with E-state index in [0.717, 1.165) is 39.2 Å². The lowest BCUT2D eigenvalue weighted by Crippen LogP contribution is -2.05. The summed E-state index contributed by atoms with van der Waals surface area (Å²) in [5, 5.41) is 4.56. The Hall–Kier alpha value is -1.29. The van der Waals surface area contributed by atoms with E-state index in [1.165, 1.54) is 25.7 Å². The van der Waals surface area contributed by atoms with Crippen LogP contribution >= 0.6 is 15.9 Å². The summed E-state index contributed by atoms with van der Waals surface area (Å²) in [6, 6.07) is 6.08. The molecule has 1 fully saturated rings. The number of rotatable bonds is 5. The van der Waals surface area contributed by atoms with E-state index in [2.05, 4.69) is 32.3 Å². The molecule has 1 aromatic heterocycles. The number of nitrogens with two attached hydrogens (primary N) is 1. The Morgan fingerprint density at radius 2 is 2.21 bits per heavy atom. The number of nitrogens with zero attached hydrogens (tertiary/aromatic N) is 1. The minimum atomic E-state index is 0.719. The van der Waals surface area contributed by atoms with Crippen molar-refractivity contribution in [1.29, 1.82) is 0 Å². The van der Waals surface area contributed by atoms with Gasteiger partial charge < -0.3 is 11.1 Å². The third-order valence-electron chi connectivity index (χ3n) is 3.65. The van der Waals surface area contributed by atoms with Crippen LogP contribution in [0, 0.1) is 5.92 Å². The zero-order valence-electron chi connectivity index (χ0n) is 10.8. The highest BCUT2D eigenvalue weighted by atomic mass is 79.9. The van der Waals surface area contributed by atoms with Gasteiger partial charge in [-0.2, -0.15) is 0 Å². The fraction of sp³-hybridized carbons (Fsp3) is 0.400. The molecule has 3 nitrogen and oxygen atoms in total. The highest BCUT2D eigenvalue weighted by Crippen LogP contribution is 2.34. The fourth-order valence-corrected chi connectivity index (χ4v) is 2.75. The van der Waals surface area contributed by atoms with Crippen LogP contribution in [0.3, 0.4) is 0 Å². The SMILES string of the molecule is Nc1cnc2ccc(Br)cc2c1NCCCC1CC1. The van der Waals surface area contributed by atoms with Crippen LogP contribution in [0.15, 0.2) is 28.9 Å². The van der Waals surface area contributed by atoms with Gasteiger partial charge in [-0.05, 0) is 37.0 Å². The predicted molar refractivity (Wildman–Crippen MR) is 84.3 cm³/mol. The molecule has 0 amide bonds. The summed E-state index contributed by atoms with van der Waals surface area (Å²) in [4.78, 5) is 4.36. The first kappa shape index (κ1) is 12.7. The van der Waals surface area contributed by atoms with Crippen LogP contribution in [0.1, 0.15) is 25.7 Å². The number of pyridine rings is 1. The third-order valence-corrected chi connectivity index (χ3v) is 4.14. The third kappa shape index (κ3) is 3.00. The van der Waals surface area contributed by atoms with Crippen LogP contribution < -0.4 is 11.1 Å². The van der Waals surface area contributed by atoms with Gasteiger partial charge in [0.2, 0.25) is 0 Å². The molecule has 3 N–H and O–H groups in total. The number of benzene rings is 1. The largest absolute Gasteiger partial charge is 0.396 e. The van der Waals surface area contributed by atoms with Crippen molar-refractivity contribution in [2.45, 2.75) is 25.7 Å². The summed E-state index contributed by atoms with van der Waals surface area (Å²) in [6.07, 6.45) is 7.13. The molecule has 1 heterocycles. The van der Waals surface area contributed by atoms with Gasteiger partial charge in [0, 0.05) is 16.4 Å². The van der Waals surface area contributed by atoms with E-state index in [1.807, 2.05) is 12.1 Å². The van der Waals surface area contributed by atoms with Crippen molar-refractivity contribution in [3.63, 3.8) is 0 Å². The van der Waals surface area contributed by atoms with E-state index in [0.29, 0.717) is 0 Å². The number of fused-ring (bicyclic) bond motifs is 1. The number of halogens is 1. The van der Waals surface area contributed by atoms with Gasteiger partial charge in [-0.15, -0.1) is 0 Å². The Morgan fingerprint density at radius 1 is 1.37 bits per heavy atom. The smallest absolute Gasteiger partial charge is 0.0743 e. The van der Waals surface area contributed by atoms with Gasteiger partial charge in [0.05, 0.1) is 23.1 Å². The molecule has 0 aliphatic heterocycles. The lowest BCUT2D eigenvalue weighted by atomic mass is 10.1. The van der Waals surface area contributed by atoms with Gasteiger partial charge >= 0.3 is 0 Å². The molecule has 1 aromatic carbocycles. The van der Waals surface area contributed by atoms with Crippen LogP contribution in [0.25, 0.3) is 10.9 Å². The van der Waals surface area contributed by atoms with Crippen molar-refractivity contribution < 1.29 is 0 Å². The van der Waals surface area contributed by atoms with Gasteiger partial charge in [0.15, 0.2) is 0 Å². The van der Waals surface area contributed by atoms with Crippen LogP contribution in [0.2, 0.25) is 0 Å². The molecule has 0 atom stereocenters. The zero-order chi connectivity index (χ0) is 13.2. The number of nitrogen functional groups attached to an aromatic ring is 1. The number of anilines is 2. The minimum Gasteiger partial charge on any atom is -0.396 e. The fourth-order valence-electron chi connectivity index (χ4n) is 2.39. The molecule has 0 bridgehead atoms. The average Bonchev–Trinajstić information content (AvgIpc) is 3.20. The number of nitrogens with one attached hydrogen (secondary N) is 1. The van der Waals surface area contributed by atoms with Crippen molar-refractivity contribution in [1.82, 2.24) is 4.98 Å². The Kier molecular flexibility index (Phi) is 3.60. The maximum absolute atomic E-state index is 6.05. The van der Waals surface area contributed by atoms with E-state index in [1.54, 1.807) is 6.20 Å². The van der Waals surface area contributed by atoms with Crippen LogP contribution in [0.5, 0.6) is 0 Å². The Labute approximate surface area is 121 Å². The first-order valence-corrected chi connectivity index (χ1v) is 7.61. The Bertz CT molecular complexity index is 588. The molecule has 100 valence electrons. The standard InChI is InChI=1S/C15H18BrN3/c16-11-5-6-14-12(8-11)15(13(17)9-19-14)18-7-1-2-10-3-4-10/h5-6,8-10H,1-4,7,17H2,(H,18,19). The molecule has 0 spiro atoms. The highest BCUT2D eigenvalue weighted by Gasteiger charge is 2.20. The molecule has 1 aliphatic carbocycles. The van der Waals surface area contributed by atoms with Crippen molar-refractivity contribution in [3.05, 3.63) is 28.9 Å². The summed E-state index contributed by atoms with van der Waals surface area (Å²) >= 11 is 3.50. The van der Waals surface area contributed by atoms with Crippen molar-refractivity contribution >= 4 is 38.2 Å². The van der Waals surface area contributed by atoms with E-state index >= 15 is 0 Å². The van der Waals surface area contributed by atoms with Crippen LogP contribution in [-0.4, -0.2) is 11.5 Å². The molecule has 4 heteroatoms. The first-order valence-electron chi connectivity index (χ1n) is 6.81. The second-order valence-corrected chi connectivity index (χ2v) is 6.18. The maximum atomic E-state index is 6.05. The molecule has 2 aromatic rings. The Morgan fingerprint density at radius 3 is 3.00 bits per heavy atom. The summed E-state index contributed by atoms with van der Waals surface area (Å²) < 4.78 is 1.05. The lowest BCUT2D eigenvalue weighted by Gasteiger charge is -2.12. The normalized spacial score (nSPS) is 14.8. The molecule has 3 rings (SSSR count). The highest BCUT2D eigenvalue weighted by molar-refractivity contribution is 9.10. The summed E-state index contributed by atoms with van der Waals surface area (Å²) in [6.45, 7) is 0.978. The molecule has 1 aliphatic rings. The van der Waals surface area contributed by atoms with E-state index in [9.17, 15) is 0 Å². The van der Waals surface area contributed by atoms with E-state index in [4.69, 9.17) is 5.73 Å². The number of aromatic nitrogens is 1. The van der Waals surface area contributed by atoms with Crippen molar-refractivity contribution in [2.24, 2.45) is 5.92 Å². The van der Waals surface area contributed by atoms with Gasteiger partial charge in [0.25, 0.3) is 0 Å². The average molecular weight is 320 g/mol. The minimum absolute atomic E-state index is 0.719. The molecule has 1 saturated carbocycles. The van der Waals surface area contributed by atoms with Crippen molar-refractivity contribution in [2.75, 3.05) is 17.6 Å². The quantitative estimate of drug-likeness (QED) is 0.813. The molecule has 19 heavy (non-hydrogen) atoms. The van der Waals surface area contributed by atoms with E-state index < -0.39 is 0 Å². The van der Waals surface area contributed by atoms with E-state index in [-0.39, 0.29) is 0 Å². The number of hydrogen-bond acceptors (Lipinski definition) is 3. The zero-order valence-corrected chi connectivity index (χ0v) is 12.4. The maximum Gasteiger partial charge on any atom is 0.0743 e. The molecular weight excluding hydrogens is 302 g/mol. The monoisotopic (exact) mass is 319 g/mol. The predicted octanol–water partition coefficient (Wildman–Crippen LogP) is 4.18. The molecule has 0 unspecified atom stereocenters. The van der Waals surface area contributed by atoms with Crippen LogP contribution in [-0.2, 0) is 0 Å². The van der Waals surface area contributed by atoms with Crippen LogP contribution in [0.4, 0.5) is 11.4 Å². The second-order valence-electron chi connectivity index (χ2n) is 5.26. The summed E-state index contributed by atoms with van der Waals surface area (Å²) in [5.74, 6) is 0.988. The van der Waals surface area contributed by atoms with Gasteiger partial charge in [-0.3, -0.25) is 4.98 Å². The number of hydrogen-bond donors (Lipinski definition) is 2. The summed E-state index contributed by atoms with van der Waals surface area (Å²) in [5.41, 5.74) is 8.76. The summed E-state index contributed by atoms with van der Waals surface area (Å²) in [7, 11) is 0. The topological polar surface area (TPSA) is 50.9 Å². The Balaban J connectivity index is 1.79. The molecular formula is C15H18BrN3. The molecule has 0 saturated heterocycles. The van der Waals surface area contributed by atoms with Gasteiger partial charge in [0.1, 0.15) is 0 Å². The van der Waals surface area contributed by atoms with Gasteiger partial charge in [-0.25, -0.2) is 0 Å².